The molecule has 0 aliphatic carbocycles. The summed E-state index contributed by atoms with van der Waals surface area (Å²) in [5, 5.41) is 4.45. The lowest BCUT2D eigenvalue weighted by atomic mass is 9.96. The Hall–Kier alpha value is -1.89. The summed E-state index contributed by atoms with van der Waals surface area (Å²) in [5.41, 5.74) is 7.14. The van der Waals surface area contributed by atoms with Gasteiger partial charge in [0.1, 0.15) is 5.82 Å². The molecule has 0 saturated carbocycles. The molecule has 4 rings (SSSR count). The lowest BCUT2D eigenvalue weighted by molar-refractivity contribution is -0.123. The van der Waals surface area contributed by atoms with E-state index in [-0.39, 0.29) is 11.9 Å². The molecule has 3 N–H and O–H groups in total. The third kappa shape index (κ3) is 4.87. The fourth-order valence-electron chi connectivity index (χ4n) is 4.64. The number of amides is 1. The molecule has 32 heavy (non-hydrogen) atoms. The highest BCUT2D eigenvalue weighted by atomic mass is 35.5. The quantitative estimate of drug-likeness (QED) is 0.522. The zero-order chi connectivity index (χ0) is 23.0. The molecule has 1 aromatic carbocycles. The summed E-state index contributed by atoms with van der Waals surface area (Å²) in [4.78, 5) is 21.0. The number of carbonyl (C=O) groups is 1. The van der Waals surface area contributed by atoms with E-state index in [1.165, 1.54) is 11.8 Å². The van der Waals surface area contributed by atoms with Gasteiger partial charge in [0.05, 0.1) is 9.77 Å². The van der Waals surface area contributed by atoms with Crippen molar-refractivity contribution in [2.75, 3.05) is 4.90 Å². The summed E-state index contributed by atoms with van der Waals surface area (Å²) in [6, 6.07) is 10.3. The molecule has 2 unspecified atom stereocenters. The van der Waals surface area contributed by atoms with Gasteiger partial charge in [-0.05, 0) is 69.9 Å². The normalized spacial score (nSPS) is 22.6. The van der Waals surface area contributed by atoms with E-state index in [9.17, 15) is 4.79 Å². The van der Waals surface area contributed by atoms with Crippen LogP contribution in [-0.4, -0.2) is 33.8 Å². The van der Waals surface area contributed by atoms with Crippen LogP contribution in [0.2, 0.25) is 10.0 Å². The van der Waals surface area contributed by atoms with Gasteiger partial charge in [-0.1, -0.05) is 29.8 Å². The van der Waals surface area contributed by atoms with Crippen molar-refractivity contribution in [3.05, 3.63) is 58.7 Å². The highest BCUT2D eigenvalue weighted by molar-refractivity contribution is 8.01. The van der Waals surface area contributed by atoms with Crippen LogP contribution in [0, 0.1) is 0 Å². The molecule has 2 fully saturated rings. The number of hydrogen-bond donors (Lipinski definition) is 2. The predicted molar refractivity (Wildman–Crippen MR) is 134 cm³/mol. The van der Waals surface area contributed by atoms with Crippen LogP contribution >= 0.6 is 35.0 Å². The number of benzene rings is 1. The highest BCUT2D eigenvalue weighted by Gasteiger charge is 2.43. The van der Waals surface area contributed by atoms with E-state index in [0.717, 1.165) is 42.0 Å². The highest BCUT2D eigenvalue weighted by Crippen LogP contribution is 2.41. The second-order valence-electron chi connectivity index (χ2n) is 9.05. The molecule has 8 heteroatoms. The first-order valence-corrected chi connectivity index (χ1v) is 12.4. The smallest absolute Gasteiger partial charge is 0.236 e. The Morgan fingerprint density at radius 3 is 2.47 bits per heavy atom. The van der Waals surface area contributed by atoms with Gasteiger partial charge in [-0.15, -0.1) is 11.8 Å². The number of piperidine rings is 1. The molecule has 1 amide bonds. The van der Waals surface area contributed by atoms with Crippen molar-refractivity contribution in [1.29, 1.82) is 0 Å². The van der Waals surface area contributed by atoms with E-state index in [1.54, 1.807) is 18.3 Å². The molecular formula is C24H28Cl2N4OS. The Morgan fingerprint density at radius 2 is 1.91 bits per heavy atom. The number of pyridine rings is 1. The fourth-order valence-corrected chi connectivity index (χ4v) is 6.15. The van der Waals surface area contributed by atoms with Crippen LogP contribution < -0.4 is 16.0 Å². The largest absolute Gasteiger partial charge is 0.399 e. The van der Waals surface area contributed by atoms with Gasteiger partial charge in [-0.3, -0.25) is 4.79 Å². The Kier molecular flexibility index (Phi) is 6.66. The van der Waals surface area contributed by atoms with Crippen molar-refractivity contribution >= 4 is 52.4 Å². The zero-order valence-corrected chi connectivity index (χ0v) is 20.6. The number of aromatic nitrogens is 1. The number of nitrogens with one attached hydrogen (secondary N) is 1. The molecule has 170 valence electrons. The summed E-state index contributed by atoms with van der Waals surface area (Å²) in [5.74, 6) is 0.996. The molecule has 2 aliphatic rings. The van der Waals surface area contributed by atoms with Gasteiger partial charge in [0.25, 0.3) is 0 Å². The maximum Gasteiger partial charge on any atom is 0.236 e. The van der Waals surface area contributed by atoms with E-state index in [1.807, 2.05) is 32.0 Å². The molecule has 1 aromatic heterocycles. The minimum absolute atomic E-state index is 0.0234. The Balaban J connectivity index is 1.40. The van der Waals surface area contributed by atoms with Crippen LogP contribution in [0.25, 0.3) is 5.70 Å². The van der Waals surface area contributed by atoms with Crippen LogP contribution in [0.15, 0.2) is 48.0 Å². The minimum atomic E-state index is -0.657. The summed E-state index contributed by atoms with van der Waals surface area (Å²) >= 11 is 13.8. The monoisotopic (exact) mass is 490 g/mol. The summed E-state index contributed by atoms with van der Waals surface area (Å²) in [6.07, 6.45) is 5.84. The van der Waals surface area contributed by atoms with Crippen LogP contribution in [0.4, 0.5) is 5.82 Å². The second-order valence-corrected chi connectivity index (χ2v) is 11.6. The van der Waals surface area contributed by atoms with E-state index < -0.39 is 4.75 Å². The topological polar surface area (TPSA) is 71.2 Å². The molecule has 2 aromatic rings. The number of fused-ring (bicyclic) bond motifs is 2. The van der Waals surface area contributed by atoms with Crippen molar-refractivity contribution in [2.45, 2.75) is 67.3 Å². The average molecular weight is 491 g/mol. The maximum absolute atomic E-state index is 13.2. The fraction of sp³-hybridized carbons (Fsp3) is 0.417. The molecule has 2 bridgehead atoms. The Morgan fingerprint density at radius 1 is 1.22 bits per heavy atom. The molecule has 2 saturated heterocycles. The van der Waals surface area contributed by atoms with Crippen molar-refractivity contribution in [2.24, 2.45) is 5.73 Å². The van der Waals surface area contributed by atoms with Gasteiger partial charge >= 0.3 is 0 Å². The summed E-state index contributed by atoms with van der Waals surface area (Å²) < 4.78 is -0.657. The van der Waals surface area contributed by atoms with Crippen LogP contribution in [0.5, 0.6) is 0 Å². The van der Waals surface area contributed by atoms with Crippen LogP contribution in [-0.2, 0) is 4.79 Å². The second kappa shape index (κ2) is 9.16. The van der Waals surface area contributed by atoms with E-state index in [4.69, 9.17) is 28.9 Å². The van der Waals surface area contributed by atoms with E-state index >= 15 is 0 Å². The summed E-state index contributed by atoms with van der Waals surface area (Å²) in [7, 11) is 0. The predicted octanol–water partition coefficient (Wildman–Crippen LogP) is 5.50. The lowest BCUT2D eigenvalue weighted by Crippen LogP contribution is -2.53. The van der Waals surface area contributed by atoms with Crippen molar-refractivity contribution in [3.8, 4) is 0 Å². The van der Waals surface area contributed by atoms with Gasteiger partial charge in [-0.2, -0.15) is 0 Å². The number of anilines is 1. The minimum Gasteiger partial charge on any atom is -0.399 e. The molecule has 2 aliphatic heterocycles. The summed E-state index contributed by atoms with van der Waals surface area (Å²) in [6.45, 7) is 7.63. The van der Waals surface area contributed by atoms with Crippen molar-refractivity contribution < 1.29 is 4.79 Å². The third-order valence-electron chi connectivity index (χ3n) is 6.26. The first-order valence-electron chi connectivity index (χ1n) is 10.8. The van der Waals surface area contributed by atoms with Gasteiger partial charge in [0, 0.05) is 45.5 Å². The van der Waals surface area contributed by atoms with Gasteiger partial charge in [0.15, 0.2) is 0 Å². The molecule has 0 radical (unpaired) electrons. The number of carbonyl (C=O) groups excluding carboxylic acids is 1. The number of nitrogens with two attached hydrogens (primary N) is 1. The molecule has 3 heterocycles. The molecule has 5 nitrogen and oxygen atoms in total. The third-order valence-corrected chi connectivity index (χ3v) is 8.19. The van der Waals surface area contributed by atoms with E-state index in [0.29, 0.717) is 27.8 Å². The first kappa shape index (κ1) is 23.3. The zero-order valence-electron chi connectivity index (χ0n) is 18.3. The standard InChI is InChI=1S/C24H28Cl2N4OS/c1-14(27)15-4-9-22(28-13-15)30-18-6-7-19(30)12-17(11-18)29-23(31)24(2,3)32-21-8-5-16(25)10-20(21)26/h4-5,8-10,13,17-19H,1,6-7,11-12,27H2,2-3H3,(H,29,31). The number of thioether (sulfide) groups is 1. The van der Waals surface area contributed by atoms with Crippen LogP contribution in [0.1, 0.15) is 45.1 Å². The van der Waals surface area contributed by atoms with Crippen molar-refractivity contribution in [1.82, 2.24) is 10.3 Å². The Labute approximate surface area is 203 Å². The first-order chi connectivity index (χ1) is 15.1. The molecular weight excluding hydrogens is 463 g/mol. The molecule has 2 atom stereocenters. The van der Waals surface area contributed by atoms with Crippen molar-refractivity contribution in [3.63, 3.8) is 0 Å². The lowest BCUT2D eigenvalue weighted by Gasteiger charge is -2.40. The van der Waals surface area contributed by atoms with E-state index in [2.05, 4.69) is 21.8 Å². The van der Waals surface area contributed by atoms with Gasteiger partial charge in [0.2, 0.25) is 5.91 Å². The van der Waals surface area contributed by atoms with Gasteiger partial charge < -0.3 is 16.0 Å². The number of hydrogen-bond acceptors (Lipinski definition) is 5. The number of nitrogens with zero attached hydrogens (tertiary/aromatic N) is 2. The number of rotatable bonds is 6. The maximum atomic E-state index is 13.2. The average Bonchev–Trinajstić information content (AvgIpc) is 3.00. The SMILES string of the molecule is C=C(N)c1ccc(N2C3CCC2CC(NC(=O)C(C)(C)Sc2ccc(Cl)cc2Cl)C3)nc1. The van der Waals surface area contributed by atoms with Crippen LogP contribution in [0.3, 0.4) is 0 Å². The van der Waals surface area contributed by atoms with Gasteiger partial charge in [-0.25, -0.2) is 4.98 Å². The number of halogens is 2. The molecule has 0 spiro atoms. The Bertz CT molecular complexity index is 1010.